The van der Waals surface area contributed by atoms with Crippen LogP contribution in [0.3, 0.4) is 0 Å². The summed E-state index contributed by atoms with van der Waals surface area (Å²) in [6, 6.07) is -1.59. The third-order valence-corrected chi connectivity index (χ3v) is 7.40. The Balaban J connectivity index is 1.45. The Morgan fingerprint density at radius 2 is 2.00 bits per heavy atom. The minimum Gasteiger partial charge on any atom is -0.368 e. The quantitative estimate of drug-likeness (QED) is 0.433. The number of nitrogens with zero attached hydrogens (tertiary/aromatic N) is 1. The topological polar surface area (TPSA) is 148 Å². The van der Waals surface area contributed by atoms with Gasteiger partial charge < -0.3 is 27.0 Å². The zero-order valence-corrected chi connectivity index (χ0v) is 16.4. The zero-order chi connectivity index (χ0) is 20.4. The van der Waals surface area contributed by atoms with Gasteiger partial charge in [0, 0.05) is 18.0 Å². The smallest absolute Gasteiger partial charge is 0.243 e. The highest BCUT2D eigenvalue weighted by molar-refractivity contribution is 5.94. The van der Waals surface area contributed by atoms with Gasteiger partial charge >= 0.3 is 0 Å². The van der Waals surface area contributed by atoms with Gasteiger partial charge in [0.1, 0.15) is 12.1 Å². The molecule has 0 aromatic heterocycles. The standard InChI is InChI=1S/C19H29N5O4/c1-18(2)10-8-24(12(25)7-20)14(13(10)18)17(28)22-11(15(21)26)5-9-6-19(3-4-19)23-16(9)27/h9-11,13-14H,3-8,20H2,1-2H3,(H2,21,26)(H,22,28)(H,23,27)/t9-,10+,11+,13+,14+/m1/s1. The Morgan fingerprint density at radius 3 is 2.54 bits per heavy atom. The van der Waals surface area contributed by atoms with Gasteiger partial charge in [-0.05, 0) is 42.9 Å². The molecule has 4 aliphatic rings. The molecule has 28 heavy (non-hydrogen) atoms. The van der Waals surface area contributed by atoms with Gasteiger partial charge in [-0.1, -0.05) is 13.8 Å². The molecule has 0 radical (unpaired) electrons. The van der Waals surface area contributed by atoms with Crippen LogP contribution in [0, 0.1) is 23.2 Å². The molecular formula is C19H29N5O4. The fraction of sp³-hybridized carbons (Fsp3) is 0.789. The van der Waals surface area contributed by atoms with Crippen LogP contribution < -0.4 is 22.1 Å². The van der Waals surface area contributed by atoms with Gasteiger partial charge in [-0.2, -0.15) is 0 Å². The van der Waals surface area contributed by atoms with Crippen molar-refractivity contribution < 1.29 is 19.2 Å². The van der Waals surface area contributed by atoms with Crippen molar-refractivity contribution >= 4 is 23.6 Å². The van der Waals surface area contributed by atoms with Crippen molar-refractivity contribution in [2.75, 3.05) is 13.1 Å². The highest BCUT2D eigenvalue weighted by Crippen LogP contribution is 2.64. The molecule has 0 bridgehead atoms. The van der Waals surface area contributed by atoms with Crippen molar-refractivity contribution in [1.82, 2.24) is 15.5 Å². The summed E-state index contributed by atoms with van der Waals surface area (Å²) in [4.78, 5) is 51.0. The highest BCUT2D eigenvalue weighted by Gasteiger charge is 2.69. The Labute approximate surface area is 163 Å². The molecule has 4 rings (SSSR count). The van der Waals surface area contributed by atoms with Crippen molar-refractivity contribution in [2.24, 2.45) is 34.6 Å². The number of hydrogen-bond donors (Lipinski definition) is 4. The van der Waals surface area contributed by atoms with E-state index < -0.39 is 18.0 Å². The summed E-state index contributed by atoms with van der Waals surface area (Å²) >= 11 is 0. The summed E-state index contributed by atoms with van der Waals surface area (Å²) in [5, 5.41) is 5.72. The van der Waals surface area contributed by atoms with E-state index in [9.17, 15) is 19.2 Å². The lowest BCUT2D eigenvalue weighted by molar-refractivity contribution is -0.140. The largest absolute Gasteiger partial charge is 0.368 e. The number of nitrogens with one attached hydrogen (secondary N) is 2. The van der Waals surface area contributed by atoms with Crippen LogP contribution in [-0.4, -0.2) is 59.2 Å². The second-order valence-electron chi connectivity index (χ2n) is 9.52. The molecule has 2 aliphatic heterocycles. The van der Waals surface area contributed by atoms with Crippen LogP contribution in [0.25, 0.3) is 0 Å². The van der Waals surface area contributed by atoms with Gasteiger partial charge in [-0.25, -0.2) is 0 Å². The number of hydrogen-bond acceptors (Lipinski definition) is 5. The molecule has 154 valence electrons. The van der Waals surface area contributed by atoms with E-state index in [1.165, 1.54) is 4.90 Å². The average molecular weight is 391 g/mol. The number of piperidine rings is 1. The highest BCUT2D eigenvalue weighted by atomic mass is 16.2. The van der Waals surface area contributed by atoms with Gasteiger partial charge in [0.25, 0.3) is 0 Å². The third-order valence-electron chi connectivity index (χ3n) is 7.40. The van der Waals surface area contributed by atoms with Crippen LogP contribution in [0.4, 0.5) is 0 Å². The normalized spacial score (nSPS) is 34.5. The monoisotopic (exact) mass is 391 g/mol. The SMILES string of the molecule is CC1(C)[C@@H]2[C@@H](C(=O)N[C@@H](C[C@@H]3CC4(CC4)NC3=O)C(N)=O)N(C(=O)CN)C[C@@H]21. The summed E-state index contributed by atoms with van der Waals surface area (Å²) in [7, 11) is 0. The second-order valence-corrected chi connectivity index (χ2v) is 9.52. The molecule has 4 fully saturated rings. The van der Waals surface area contributed by atoms with E-state index in [4.69, 9.17) is 11.5 Å². The summed E-state index contributed by atoms with van der Waals surface area (Å²) in [5.74, 6) is -1.45. The molecule has 2 aliphatic carbocycles. The molecule has 5 atom stereocenters. The number of carbonyl (C=O) groups is 4. The lowest BCUT2D eigenvalue weighted by Gasteiger charge is -2.31. The van der Waals surface area contributed by atoms with Crippen LogP contribution in [0.2, 0.25) is 0 Å². The number of carbonyl (C=O) groups excluding carboxylic acids is 4. The minimum absolute atomic E-state index is 0.0285. The maximum Gasteiger partial charge on any atom is 0.243 e. The number of fused-ring (bicyclic) bond motifs is 1. The number of rotatable bonds is 6. The van der Waals surface area contributed by atoms with E-state index in [0.29, 0.717) is 13.0 Å². The van der Waals surface area contributed by atoms with Crippen LogP contribution in [0.15, 0.2) is 0 Å². The van der Waals surface area contributed by atoms with Gasteiger partial charge in [0.15, 0.2) is 0 Å². The van der Waals surface area contributed by atoms with E-state index in [0.717, 1.165) is 12.8 Å². The van der Waals surface area contributed by atoms with Gasteiger partial charge in [-0.15, -0.1) is 0 Å². The molecule has 0 aromatic rings. The van der Waals surface area contributed by atoms with E-state index in [1.807, 2.05) is 0 Å². The molecule has 2 saturated carbocycles. The summed E-state index contributed by atoms with van der Waals surface area (Å²) < 4.78 is 0. The Kier molecular flexibility index (Phi) is 4.22. The van der Waals surface area contributed by atoms with Crippen molar-refractivity contribution in [1.29, 1.82) is 0 Å². The van der Waals surface area contributed by atoms with E-state index >= 15 is 0 Å². The Hall–Kier alpha value is -2.16. The van der Waals surface area contributed by atoms with Crippen molar-refractivity contribution in [3.8, 4) is 0 Å². The molecule has 9 nitrogen and oxygen atoms in total. The molecule has 6 N–H and O–H groups in total. The molecular weight excluding hydrogens is 362 g/mol. The predicted octanol–water partition coefficient (Wildman–Crippen LogP) is -1.54. The Bertz CT molecular complexity index is 747. The van der Waals surface area contributed by atoms with Gasteiger partial charge in [-0.3, -0.25) is 19.2 Å². The third kappa shape index (κ3) is 2.96. The molecule has 1 spiro atoms. The first kappa shape index (κ1) is 19.2. The molecule has 2 saturated heterocycles. The first-order valence-electron chi connectivity index (χ1n) is 10.0. The molecule has 2 heterocycles. The fourth-order valence-electron chi connectivity index (χ4n) is 5.40. The van der Waals surface area contributed by atoms with Gasteiger partial charge in [0.2, 0.25) is 23.6 Å². The number of primary amides is 1. The second kappa shape index (κ2) is 6.17. The minimum atomic E-state index is -0.937. The lowest BCUT2D eigenvalue weighted by atomic mass is 9.94. The van der Waals surface area contributed by atoms with Crippen LogP contribution in [0.5, 0.6) is 0 Å². The van der Waals surface area contributed by atoms with Crippen LogP contribution in [-0.2, 0) is 19.2 Å². The Morgan fingerprint density at radius 1 is 1.32 bits per heavy atom. The van der Waals surface area contributed by atoms with Crippen LogP contribution in [0.1, 0.15) is 39.5 Å². The summed E-state index contributed by atoms with van der Waals surface area (Å²) in [6.45, 7) is 4.50. The maximum absolute atomic E-state index is 13.1. The molecule has 0 unspecified atom stereocenters. The first-order chi connectivity index (χ1) is 13.1. The molecule has 9 heteroatoms. The number of likely N-dealkylation sites (tertiary alicyclic amines) is 1. The van der Waals surface area contributed by atoms with Crippen molar-refractivity contribution in [2.45, 2.75) is 57.2 Å². The first-order valence-corrected chi connectivity index (χ1v) is 10.0. The maximum atomic E-state index is 13.1. The molecule has 0 aromatic carbocycles. The number of nitrogens with two attached hydrogens (primary N) is 2. The summed E-state index contributed by atoms with van der Waals surface area (Å²) in [5.41, 5.74) is 10.9. The van der Waals surface area contributed by atoms with E-state index in [1.54, 1.807) is 0 Å². The van der Waals surface area contributed by atoms with Crippen molar-refractivity contribution in [3.63, 3.8) is 0 Å². The fourth-order valence-corrected chi connectivity index (χ4v) is 5.40. The lowest BCUT2D eigenvalue weighted by Crippen LogP contribution is -2.55. The van der Waals surface area contributed by atoms with E-state index in [-0.39, 0.29) is 59.4 Å². The van der Waals surface area contributed by atoms with Crippen LogP contribution >= 0.6 is 0 Å². The van der Waals surface area contributed by atoms with Crippen molar-refractivity contribution in [3.05, 3.63) is 0 Å². The summed E-state index contributed by atoms with van der Waals surface area (Å²) in [6.07, 6.45) is 2.77. The average Bonchev–Trinajstić information content (AvgIpc) is 3.34. The van der Waals surface area contributed by atoms with Gasteiger partial charge in [0.05, 0.1) is 6.54 Å². The predicted molar refractivity (Wildman–Crippen MR) is 99.3 cm³/mol. The zero-order valence-electron chi connectivity index (χ0n) is 16.4. The number of amides is 4. The molecule has 4 amide bonds. The van der Waals surface area contributed by atoms with E-state index in [2.05, 4.69) is 24.5 Å².